The van der Waals surface area contributed by atoms with Crippen molar-refractivity contribution >= 4 is 33.0 Å². The zero-order valence-electron chi connectivity index (χ0n) is 23.7. The van der Waals surface area contributed by atoms with Gasteiger partial charge in [-0.3, -0.25) is 4.79 Å². The van der Waals surface area contributed by atoms with E-state index < -0.39 is 55.0 Å². The van der Waals surface area contributed by atoms with E-state index >= 15 is 4.39 Å². The molecule has 2 unspecified atom stereocenters. The molecule has 0 aliphatic rings. The van der Waals surface area contributed by atoms with E-state index in [-0.39, 0.29) is 23.5 Å². The number of methoxy groups -OCH3 is 1. The van der Waals surface area contributed by atoms with E-state index in [1.54, 1.807) is 45.0 Å². The second-order valence-electron chi connectivity index (χ2n) is 10.7. The van der Waals surface area contributed by atoms with E-state index in [2.05, 4.69) is 15.0 Å². The maximum atomic E-state index is 15.4. The number of nitrogens with one attached hydrogen (secondary N) is 2. The van der Waals surface area contributed by atoms with E-state index in [1.807, 2.05) is 0 Å². The molecule has 222 valence electrons. The van der Waals surface area contributed by atoms with Gasteiger partial charge in [0, 0.05) is 36.2 Å². The molecule has 1 aromatic heterocycles. The molecular formula is C28H34F2N4O5S2. The van der Waals surface area contributed by atoms with Gasteiger partial charge in [-0.15, -0.1) is 4.72 Å². The van der Waals surface area contributed by atoms with Gasteiger partial charge < -0.3 is 14.6 Å². The molecule has 2 N–H and O–H groups in total. The van der Waals surface area contributed by atoms with E-state index in [1.165, 1.54) is 39.3 Å². The van der Waals surface area contributed by atoms with E-state index in [0.29, 0.717) is 11.3 Å². The van der Waals surface area contributed by atoms with Crippen molar-refractivity contribution < 1.29 is 31.3 Å². The largest absolute Gasteiger partial charge is 0.598 e. The molecule has 0 aliphatic heterocycles. The minimum atomic E-state index is -4.07. The van der Waals surface area contributed by atoms with Crippen LogP contribution in [0.3, 0.4) is 0 Å². The minimum Gasteiger partial charge on any atom is -0.598 e. The summed E-state index contributed by atoms with van der Waals surface area (Å²) in [5.41, 5.74) is -1.05. The van der Waals surface area contributed by atoms with Crippen molar-refractivity contribution in [2.24, 2.45) is 0 Å². The average molecular weight is 609 g/mol. The predicted molar refractivity (Wildman–Crippen MR) is 155 cm³/mol. The van der Waals surface area contributed by atoms with Crippen molar-refractivity contribution in [3.05, 3.63) is 89.2 Å². The number of ether oxygens (including phenoxy) is 1. The van der Waals surface area contributed by atoms with Crippen LogP contribution in [0.5, 0.6) is 5.75 Å². The van der Waals surface area contributed by atoms with Crippen LogP contribution in [0.1, 0.15) is 49.3 Å². The third-order valence-corrected chi connectivity index (χ3v) is 9.93. The molecule has 9 nitrogen and oxygen atoms in total. The Labute approximate surface area is 242 Å². The molecule has 0 saturated heterocycles. The molecule has 0 fully saturated rings. The van der Waals surface area contributed by atoms with Crippen LogP contribution in [0.4, 0.5) is 14.5 Å². The Morgan fingerprint density at radius 3 is 2.29 bits per heavy atom. The number of benzene rings is 2. The number of aromatic nitrogens is 1. The van der Waals surface area contributed by atoms with Crippen LogP contribution in [-0.2, 0) is 33.5 Å². The number of pyridine rings is 1. The summed E-state index contributed by atoms with van der Waals surface area (Å²) < 4.78 is 77.3. The third-order valence-electron chi connectivity index (χ3n) is 6.16. The quantitative estimate of drug-likeness (QED) is 0.310. The Kier molecular flexibility index (Phi) is 10.1. The second-order valence-corrected chi connectivity index (χ2v) is 14.7. The lowest BCUT2D eigenvalue weighted by Crippen LogP contribution is -2.54. The van der Waals surface area contributed by atoms with Crippen molar-refractivity contribution in [2.45, 2.75) is 44.5 Å². The number of carbonyl (C=O) groups excluding carboxylic acids is 1. The standard InChI is InChI=1S/C28H34F2N4O5S2/c1-27(2,3)40(36)33-28(4,18-41(37,38)34(5)17-19-7-11-22(39-6)12-8-19)23-15-21(10-13-24(23)30)32-26(35)25-14-9-20(29)16-31-25/h7-16,33H,17-18H2,1-6H3,(H,32,35). The number of halogens is 2. The maximum absolute atomic E-state index is 15.4. The van der Waals surface area contributed by atoms with Crippen LogP contribution in [0.2, 0.25) is 0 Å². The molecule has 2 aromatic carbocycles. The van der Waals surface area contributed by atoms with Crippen LogP contribution < -0.4 is 14.8 Å². The van der Waals surface area contributed by atoms with Crippen molar-refractivity contribution in [1.29, 1.82) is 0 Å². The fourth-order valence-corrected chi connectivity index (χ4v) is 6.32. The van der Waals surface area contributed by atoms with Crippen LogP contribution in [0.15, 0.2) is 60.8 Å². The lowest BCUT2D eigenvalue weighted by atomic mass is 9.94. The number of hydrogen-bond donors (Lipinski definition) is 2. The average Bonchev–Trinajstić information content (AvgIpc) is 2.89. The molecule has 2 atom stereocenters. The molecule has 0 aliphatic carbocycles. The van der Waals surface area contributed by atoms with Gasteiger partial charge in [0.1, 0.15) is 33.4 Å². The SMILES string of the molecule is COc1ccc(CN(C)S(=O)(=O)CC(C)(N[S+]([O-])C(C)(C)C)c2cc(NC(=O)c3ccc(F)cn3)ccc2F)cc1. The highest BCUT2D eigenvalue weighted by Gasteiger charge is 2.43. The fourth-order valence-electron chi connectivity index (χ4n) is 3.81. The summed E-state index contributed by atoms with van der Waals surface area (Å²) in [6.07, 6.45) is 0.890. The molecule has 0 radical (unpaired) electrons. The van der Waals surface area contributed by atoms with Gasteiger partial charge in [-0.2, -0.15) is 0 Å². The van der Waals surface area contributed by atoms with Crippen molar-refractivity contribution in [2.75, 3.05) is 25.2 Å². The Hall–Kier alpha value is -3.10. The van der Waals surface area contributed by atoms with E-state index in [9.17, 15) is 22.2 Å². The number of hydrogen-bond acceptors (Lipinski definition) is 7. The van der Waals surface area contributed by atoms with Gasteiger partial charge in [-0.1, -0.05) is 12.1 Å². The first-order valence-corrected chi connectivity index (χ1v) is 15.3. The highest BCUT2D eigenvalue weighted by molar-refractivity contribution is 7.91. The first-order valence-electron chi connectivity index (χ1n) is 12.5. The molecule has 41 heavy (non-hydrogen) atoms. The molecule has 3 rings (SSSR count). The predicted octanol–water partition coefficient (Wildman–Crippen LogP) is 4.35. The smallest absolute Gasteiger partial charge is 0.274 e. The first-order chi connectivity index (χ1) is 19.0. The van der Waals surface area contributed by atoms with Gasteiger partial charge in [-0.25, -0.2) is 26.5 Å². The Morgan fingerprint density at radius 1 is 1.07 bits per heavy atom. The first kappa shape index (κ1) is 32.4. The van der Waals surface area contributed by atoms with Crippen LogP contribution in [0.25, 0.3) is 0 Å². The van der Waals surface area contributed by atoms with Crippen molar-refractivity contribution in [3.63, 3.8) is 0 Å². The number of sulfonamides is 1. The van der Waals surface area contributed by atoms with Crippen LogP contribution in [-0.4, -0.2) is 52.8 Å². The monoisotopic (exact) mass is 608 g/mol. The third kappa shape index (κ3) is 8.46. The van der Waals surface area contributed by atoms with Crippen LogP contribution >= 0.6 is 0 Å². The number of nitrogens with zero attached hydrogens (tertiary/aromatic N) is 2. The van der Waals surface area contributed by atoms with Gasteiger partial charge in [0.05, 0.1) is 19.1 Å². The summed E-state index contributed by atoms with van der Waals surface area (Å²) in [5, 5.41) is 2.56. The summed E-state index contributed by atoms with van der Waals surface area (Å²) in [5.74, 6) is -2.09. The number of rotatable bonds is 11. The van der Waals surface area contributed by atoms with Crippen molar-refractivity contribution in [3.8, 4) is 5.75 Å². The normalized spacial score (nSPS) is 14.4. The second kappa shape index (κ2) is 12.8. The minimum absolute atomic E-state index is 0.0357. The van der Waals surface area contributed by atoms with Crippen molar-refractivity contribution in [1.82, 2.24) is 14.0 Å². The van der Waals surface area contributed by atoms with Gasteiger partial charge in [-0.05, 0) is 75.7 Å². The molecule has 3 aromatic rings. The van der Waals surface area contributed by atoms with Crippen LogP contribution in [0, 0.1) is 11.6 Å². The summed E-state index contributed by atoms with van der Waals surface area (Å²) in [7, 11) is -1.13. The van der Waals surface area contributed by atoms with Gasteiger partial charge in [0.25, 0.3) is 5.91 Å². The number of carbonyl (C=O) groups is 1. The molecular weight excluding hydrogens is 574 g/mol. The Bertz CT molecular complexity index is 1470. The zero-order valence-corrected chi connectivity index (χ0v) is 25.3. The lowest BCUT2D eigenvalue weighted by molar-refractivity contribution is 0.102. The molecule has 13 heteroatoms. The number of anilines is 1. The zero-order chi connectivity index (χ0) is 30.6. The summed E-state index contributed by atoms with van der Waals surface area (Å²) in [6, 6.07) is 12.8. The fraction of sp³-hybridized carbons (Fsp3) is 0.357. The maximum Gasteiger partial charge on any atom is 0.274 e. The van der Waals surface area contributed by atoms with E-state index in [0.717, 1.165) is 22.6 Å². The molecule has 1 heterocycles. The molecule has 0 bridgehead atoms. The Morgan fingerprint density at radius 2 is 1.73 bits per heavy atom. The highest BCUT2D eigenvalue weighted by Crippen LogP contribution is 2.32. The summed E-state index contributed by atoms with van der Waals surface area (Å²) in [4.78, 5) is 16.4. The Balaban J connectivity index is 1.96. The molecule has 1 amide bonds. The molecule has 0 saturated carbocycles. The van der Waals surface area contributed by atoms with Gasteiger partial charge in [0.2, 0.25) is 10.0 Å². The summed E-state index contributed by atoms with van der Waals surface area (Å²) in [6.45, 7) is 6.57. The summed E-state index contributed by atoms with van der Waals surface area (Å²) >= 11 is -1.80. The van der Waals surface area contributed by atoms with Gasteiger partial charge in [0.15, 0.2) is 0 Å². The topological polar surface area (TPSA) is 124 Å². The van der Waals surface area contributed by atoms with E-state index in [4.69, 9.17) is 4.74 Å². The number of amides is 1. The molecule has 0 spiro atoms. The highest BCUT2D eigenvalue weighted by atomic mass is 32.2. The van der Waals surface area contributed by atoms with Gasteiger partial charge >= 0.3 is 0 Å². The lowest BCUT2D eigenvalue weighted by Gasteiger charge is -2.36.